The van der Waals surface area contributed by atoms with Gasteiger partial charge in [-0.2, -0.15) is 0 Å². The molecule has 31 heavy (non-hydrogen) atoms. The number of aromatic nitrogens is 1. The minimum absolute atomic E-state index is 0.425. The lowest BCUT2D eigenvalue weighted by molar-refractivity contribution is -0.692. The van der Waals surface area contributed by atoms with Crippen LogP contribution in [0.4, 0.5) is 5.82 Å². The Morgan fingerprint density at radius 2 is 1.94 bits per heavy atom. The zero-order valence-electron chi connectivity index (χ0n) is 17.4. The van der Waals surface area contributed by atoms with Gasteiger partial charge in [0.2, 0.25) is 0 Å². The van der Waals surface area contributed by atoms with Crippen molar-refractivity contribution < 1.29 is 9.64 Å². The Balaban J connectivity index is 1.27. The topological polar surface area (TPSA) is 45.4 Å². The first-order valence-electron chi connectivity index (χ1n) is 10.6. The molecule has 0 bridgehead atoms. The van der Waals surface area contributed by atoms with Gasteiger partial charge in [0.25, 0.3) is 0 Å². The maximum absolute atomic E-state index is 5.47. The molecule has 1 atom stereocenters. The Morgan fingerprint density at radius 3 is 2.84 bits per heavy atom. The molecule has 0 aliphatic carbocycles. The number of hydrogen-bond donors (Lipinski definition) is 1. The summed E-state index contributed by atoms with van der Waals surface area (Å²) in [6.07, 6.45) is 6.21. The fraction of sp³-hybridized carbons (Fsp3) is 0.200. The second-order valence-corrected chi connectivity index (χ2v) is 8.20. The van der Waals surface area contributed by atoms with E-state index in [4.69, 9.17) is 9.72 Å². The van der Waals surface area contributed by atoms with E-state index in [9.17, 15) is 0 Å². The van der Waals surface area contributed by atoms with Crippen molar-refractivity contribution in [1.82, 2.24) is 9.88 Å². The summed E-state index contributed by atoms with van der Waals surface area (Å²) >= 11 is 0. The molecule has 1 saturated heterocycles. The predicted octanol–water partition coefficient (Wildman–Crippen LogP) is 2.51. The van der Waals surface area contributed by atoms with Crippen LogP contribution in [0.1, 0.15) is 5.56 Å². The molecule has 3 aromatic rings. The molecule has 0 saturated carbocycles. The van der Waals surface area contributed by atoms with E-state index in [2.05, 4.69) is 69.5 Å². The average molecular weight is 411 g/mol. The molecule has 1 unspecified atom stereocenters. The van der Waals surface area contributed by atoms with Crippen LogP contribution >= 0.6 is 0 Å². The predicted molar refractivity (Wildman–Crippen MR) is 123 cm³/mol. The SMILES string of the molecule is COc1cccc(C2=C[NH+]3C=NC=C3CN2C2CN(c3ccc4ccccc4n3)C2)c1. The van der Waals surface area contributed by atoms with E-state index >= 15 is 0 Å². The van der Waals surface area contributed by atoms with Gasteiger partial charge < -0.3 is 14.5 Å². The zero-order chi connectivity index (χ0) is 20.8. The van der Waals surface area contributed by atoms with Crippen molar-refractivity contribution in [3.8, 4) is 5.75 Å². The number of benzene rings is 2. The van der Waals surface area contributed by atoms with Gasteiger partial charge >= 0.3 is 0 Å². The van der Waals surface area contributed by atoms with Crippen molar-refractivity contribution in [1.29, 1.82) is 0 Å². The molecule has 154 valence electrons. The number of pyridine rings is 1. The lowest BCUT2D eigenvalue weighted by Crippen LogP contribution is -3.05. The molecule has 2 aromatic carbocycles. The van der Waals surface area contributed by atoms with Crippen molar-refractivity contribution >= 4 is 28.8 Å². The lowest BCUT2D eigenvalue weighted by atomic mass is 10.0. The van der Waals surface area contributed by atoms with Gasteiger partial charge in [-0.05, 0) is 30.3 Å². The van der Waals surface area contributed by atoms with Gasteiger partial charge in [0.15, 0.2) is 12.0 Å². The number of aliphatic imine (C=N–C) groups is 1. The van der Waals surface area contributed by atoms with Gasteiger partial charge in [-0.25, -0.2) is 14.9 Å². The smallest absolute Gasteiger partial charge is 0.198 e. The molecule has 0 spiro atoms. The molecule has 1 aromatic heterocycles. The third kappa shape index (κ3) is 3.16. The van der Waals surface area contributed by atoms with E-state index < -0.39 is 0 Å². The quantitative estimate of drug-likeness (QED) is 0.718. The molecule has 1 N–H and O–H groups in total. The van der Waals surface area contributed by atoms with Crippen LogP contribution in [0.25, 0.3) is 16.6 Å². The van der Waals surface area contributed by atoms with Gasteiger partial charge in [-0.1, -0.05) is 30.3 Å². The summed E-state index contributed by atoms with van der Waals surface area (Å²) in [7, 11) is 1.71. The number of methoxy groups -OCH3 is 1. The first kappa shape index (κ1) is 18.2. The molecule has 3 aliphatic rings. The van der Waals surface area contributed by atoms with Crippen molar-refractivity contribution in [3.63, 3.8) is 0 Å². The molecule has 1 fully saturated rings. The minimum Gasteiger partial charge on any atom is -0.497 e. The average Bonchev–Trinajstić information content (AvgIpc) is 3.25. The van der Waals surface area contributed by atoms with Crippen LogP contribution in [0.2, 0.25) is 0 Å². The van der Waals surface area contributed by atoms with E-state index in [1.807, 2.05) is 24.7 Å². The Labute approximate surface area is 181 Å². The number of nitrogens with one attached hydrogen (secondary N) is 1. The fourth-order valence-corrected chi connectivity index (χ4v) is 4.55. The monoisotopic (exact) mass is 410 g/mol. The van der Waals surface area contributed by atoms with Crippen LogP contribution in [0.3, 0.4) is 0 Å². The largest absolute Gasteiger partial charge is 0.497 e. The molecule has 3 aliphatic heterocycles. The summed E-state index contributed by atoms with van der Waals surface area (Å²) < 4.78 is 5.47. The Kier molecular flexibility index (Phi) is 4.25. The van der Waals surface area contributed by atoms with Crippen LogP contribution in [0, 0.1) is 0 Å². The number of anilines is 1. The number of rotatable bonds is 4. The highest BCUT2D eigenvalue weighted by Gasteiger charge is 2.39. The molecule has 0 radical (unpaired) electrons. The number of fused-ring (bicyclic) bond motifs is 2. The summed E-state index contributed by atoms with van der Waals surface area (Å²) in [5.74, 6) is 1.93. The van der Waals surface area contributed by atoms with Crippen LogP contribution < -0.4 is 14.5 Å². The van der Waals surface area contributed by atoms with Crippen molar-refractivity contribution in [2.75, 3.05) is 31.6 Å². The second-order valence-electron chi connectivity index (χ2n) is 8.20. The summed E-state index contributed by atoms with van der Waals surface area (Å²) in [6, 6.07) is 21.3. The van der Waals surface area contributed by atoms with Gasteiger partial charge in [0.1, 0.15) is 17.8 Å². The minimum atomic E-state index is 0.425. The van der Waals surface area contributed by atoms with E-state index in [-0.39, 0.29) is 0 Å². The van der Waals surface area contributed by atoms with Crippen LogP contribution in [-0.2, 0) is 0 Å². The van der Waals surface area contributed by atoms with E-state index in [0.717, 1.165) is 36.7 Å². The van der Waals surface area contributed by atoms with Gasteiger partial charge in [-0.3, -0.25) is 0 Å². The maximum atomic E-state index is 5.47. The van der Waals surface area contributed by atoms with Crippen molar-refractivity contribution in [3.05, 3.63) is 84.3 Å². The van der Waals surface area contributed by atoms with E-state index in [0.29, 0.717) is 6.04 Å². The normalized spacial score (nSPS) is 20.4. The number of ether oxygens (including phenoxy) is 1. The highest BCUT2D eigenvalue weighted by atomic mass is 16.5. The molecular formula is C25H24N5O+. The van der Waals surface area contributed by atoms with Crippen LogP contribution in [0.5, 0.6) is 5.75 Å². The molecule has 0 amide bonds. The lowest BCUT2D eigenvalue weighted by Gasteiger charge is -2.48. The first-order chi connectivity index (χ1) is 15.3. The highest BCUT2D eigenvalue weighted by Crippen LogP contribution is 2.32. The Hall–Kier alpha value is -3.64. The molecule has 6 heteroatoms. The van der Waals surface area contributed by atoms with E-state index in [1.54, 1.807) is 7.11 Å². The number of hydrogen-bond acceptors (Lipinski definition) is 5. The summed E-state index contributed by atoms with van der Waals surface area (Å²) in [6.45, 7) is 2.79. The van der Waals surface area contributed by atoms with Crippen LogP contribution in [0.15, 0.2) is 83.8 Å². The maximum Gasteiger partial charge on any atom is 0.198 e. The fourth-order valence-electron chi connectivity index (χ4n) is 4.55. The second kappa shape index (κ2) is 7.25. The van der Waals surface area contributed by atoms with Gasteiger partial charge in [-0.15, -0.1) is 0 Å². The van der Waals surface area contributed by atoms with E-state index in [1.165, 1.54) is 27.2 Å². The third-order valence-corrected chi connectivity index (χ3v) is 6.33. The summed E-state index contributed by atoms with van der Waals surface area (Å²) in [4.78, 5) is 15.3. The summed E-state index contributed by atoms with van der Waals surface area (Å²) in [5.41, 5.74) is 4.74. The third-order valence-electron chi connectivity index (χ3n) is 6.33. The van der Waals surface area contributed by atoms with Crippen molar-refractivity contribution in [2.24, 2.45) is 4.99 Å². The molecular weight excluding hydrogens is 386 g/mol. The Morgan fingerprint density at radius 1 is 1.03 bits per heavy atom. The zero-order valence-corrected chi connectivity index (χ0v) is 17.4. The molecule has 6 rings (SSSR count). The summed E-state index contributed by atoms with van der Waals surface area (Å²) in [5, 5.41) is 1.18. The first-order valence-corrected chi connectivity index (χ1v) is 10.6. The highest BCUT2D eigenvalue weighted by molar-refractivity contribution is 5.80. The number of nitrogens with zero attached hydrogens (tertiary/aromatic N) is 4. The van der Waals surface area contributed by atoms with Crippen molar-refractivity contribution in [2.45, 2.75) is 6.04 Å². The molecule has 6 nitrogen and oxygen atoms in total. The molecule has 4 heterocycles. The van der Waals surface area contributed by atoms with Crippen LogP contribution in [-0.4, -0.2) is 49.0 Å². The number of quaternary nitrogens is 1. The Bertz CT molecular complexity index is 1240. The standard InChI is InChI=1S/C25H23N5O/c1-31-22-7-4-6-19(11-22)24-16-29-17-26-12-20(29)15-30(24)21-13-28(14-21)25-10-9-18-5-2-3-8-23(18)27-25/h2-12,16-17,21H,13-15H2,1H3/p+1. The van der Waals surface area contributed by atoms with Gasteiger partial charge in [0, 0.05) is 24.0 Å². The van der Waals surface area contributed by atoms with Gasteiger partial charge in [0.05, 0.1) is 37.1 Å². The number of para-hydroxylation sites is 1.